The Kier molecular flexibility index (Phi) is 4.79. The zero-order valence-electron chi connectivity index (χ0n) is 12.9. The first kappa shape index (κ1) is 17.3. The highest BCUT2D eigenvalue weighted by molar-refractivity contribution is 14.1. The highest BCUT2D eigenvalue weighted by atomic mass is 127. The lowest BCUT2D eigenvalue weighted by atomic mass is 10.3. The van der Waals surface area contributed by atoms with Gasteiger partial charge in [-0.05, 0) is 57.2 Å². The largest absolute Gasteiger partial charge is 0.336 e. The number of halogens is 3. The van der Waals surface area contributed by atoms with Crippen molar-refractivity contribution in [3.63, 3.8) is 0 Å². The molecule has 0 fully saturated rings. The van der Waals surface area contributed by atoms with Gasteiger partial charge in [-0.25, -0.2) is 14.6 Å². The maximum Gasteiger partial charge on any atom is 0.245 e. The molecule has 0 unspecified atom stereocenters. The number of benzene rings is 2. The van der Waals surface area contributed by atoms with E-state index in [0.29, 0.717) is 33.0 Å². The Morgan fingerprint density at radius 1 is 0.808 bits per heavy atom. The predicted molar refractivity (Wildman–Crippen MR) is 110 cm³/mol. The molecule has 2 heterocycles. The van der Waals surface area contributed by atoms with Crippen LogP contribution in [0.2, 0.25) is 10.0 Å². The average Bonchev–Trinajstić information content (AvgIpc) is 3.08. The minimum Gasteiger partial charge on any atom is -0.336 e. The van der Waals surface area contributed by atoms with Crippen molar-refractivity contribution in [2.75, 3.05) is 10.6 Å². The summed E-state index contributed by atoms with van der Waals surface area (Å²) in [4.78, 5) is 8.86. The zero-order chi connectivity index (χ0) is 18.1. The van der Waals surface area contributed by atoms with E-state index in [9.17, 15) is 0 Å². The van der Waals surface area contributed by atoms with Gasteiger partial charge in [0.2, 0.25) is 11.3 Å². The fourth-order valence-electron chi connectivity index (χ4n) is 2.23. The molecule has 0 bridgehead atoms. The molecule has 0 aliphatic carbocycles. The molecule has 0 amide bonds. The highest BCUT2D eigenvalue weighted by Gasteiger charge is 2.15. The number of anilines is 4. The van der Waals surface area contributed by atoms with Crippen molar-refractivity contribution < 1.29 is 4.63 Å². The van der Waals surface area contributed by atoms with Gasteiger partial charge in [0, 0.05) is 3.57 Å². The van der Waals surface area contributed by atoms with Gasteiger partial charge in [-0.3, -0.25) is 0 Å². The Labute approximate surface area is 171 Å². The Bertz CT molecular complexity index is 1100. The SMILES string of the molecule is Clc1cccc(Nc2nc3nonc3nc2Nc2ccccc2I)c1Cl. The summed E-state index contributed by atoms with van der Waals surface area (Å²) >= 11 is 14.6. The number of aromatic nitrogens is 4. The number of nitrogens with zero attached hydrogens (tertiary/aromatic N) is 4. The molecule has 2 N–H and O–H groups in total. The van der Waals surface area contributed by atoms with Gasteiger partial charge in [-0.2, -0.15) is 0 Å². The maximum atomic E-state index is 6.27. The van der Waals surface area contributed by atoms with E-state index in [4.69, 9.17) is 27.8 Å². The maximum absolute atomic E-state index is 6.27. The minimum absolute atomic E-state index is 0.277. The lowest BCUT2D eigenvalue weighted by Gasteiger charge is -2.13. The summed E-state index contributed by atoms with van der Waals surface area (Å²) in [6, 6.07) is 13.1. The third-order valence-electron chi connectivity index (χ3n) is 3.45. The van der Waals surface area contributed by atoms with Crippen molar-refractivity contribution in [2.24, 2.45) is 0 Å². The van der Waals surface area contributed by atoms with E-state index < -0.39 is 0 Å². The third kappa shape index (κ3) is 3.39. The van der Waals surface area contributed by atoms with Crippen LogP contribution in [-0.4, -0.2) is 20.3 Å². The van der Waals surface area contributed by atoms with Gasteiger partial charge < -0.3 is 10.6 Å². The van der Waals surface area contributed by atoms with Gasteiger partial charge in [0.15, 0.2) is 11.6 Å². The summed E-state index contributed by atoms with van der Waals surface area (Å²) in [7, 11) is 0. The molecule has 7 nitrogen and oxygen atoms in total. The number of fused-ring (bicyclic) bond motifs is 1. The Balaban J connectivity index is 1.79. The number of nitrogens with one attached hydrogen (secondary N) is 2. The quantitative estimate of drug-likeness (QED) is 0.363. The molecule has 0 radical (unpaired) electrons. The second-order valence-electron chi connectivity index (χ2n) is 5.16. The Morgan fingerprint density at radius 3 is 2.12 bits per heavy atom. The number of para-hydroxylation sites is 1. The number of hydrogen-bond acceptors (Lipinski definition) is 7. The molecule has 0 aliphatic heterocycles. The van der Waals surface area contributed by atoms with Crippen LogP contribution in [0.5, 0.6) is 0 Å². The average molecular weight is 499 g/mol. The van der Waals surface area contributed by atoms with Crippen molar-refractivity contribution in [2.45, 2.75) is 0 Å². The van der Waals surface area contributed by atoms with Crippen molar-refractivity contribution in [3.05, 3.63) is 56.1 Å². The first-order valence-electron chi connectivity index (χ1n) is 7.35. The Morgan fingerprint density at radius 2 is 1.42 bits per heavy atom. The van der Waals surface area contributed by atoms with Crippen LogP contribution >= 0.6 is 45.8 Å². The van der Waals surface area contributed by atoms with Crippen LogP contribution in [-0.2, 0) is 0 Å². The van der Waals surface area contributed by atoms with Gasteiger partial charge in [0.05, 0.1) is 21.4 Å². The second kappa shape index (κ2) is 7.22. The number of hydrogen-bond donors (Lipinski definition) is 2. The Hall–Kier alpha value is -2.17. The van der Waals surface area contributed by atoms with E-state index in [1.54, 1.807) is 18.2 Å². The summed E-state index contributed by atoms with van der Waals surface area (Å²) in [6.07, 6.45) is 0. The van der Waals surface area contributed by atoms with Gasteiger partial charge >= 0.3 is 0 Å². The molecule has 26 heavy (non-hydrogen) atoms. The van der Waals surface area contributed by atoms with E-state index in [2.05, 4.69) is 53.5 Å². The fourth-order valence-corrected chi connectivity index (χ4v) is 3.10. The van der Waals surface area contributed by atoms with Crippen molar-refractivity contribution in [1.82, 2.24) is 20.3 Å². The lowest BCUT2D eigenvalue weighted by Crippen LogP contribution is -2.04. The monoisotopic (exact) mass is 498 g/mol. The molecule has 10 heteroatoms. The molecule has 0 aliphatic rings. The highest BCUT2D eigenvalue weighted by Crippen LogP contribution is 2.34. The molecule has 0 saturated heterocycles. The predicted octanol–water partition coefficient (Wildman–Crippen LogP) is 5.41. The lowest BCUT2D eigenvalue weighted by molar-refractivity contribution is 0.314. The molecule has 0 atom stereocenters. The van der Waals surface area contributed by atoms with E-state index in [1.807, 2.05) is 24.3 Å². The van der Waals surface area contributed by atoms with Crippen LogP contribution < -0.4 is 10.6 Å². The molecule has 0 saturated carbocycles. The zero-order valence-corrected chi connectivity index (χ0v) is 16.5. The van der Waals surface area contributed by atoms with Crippen LogP contribution in [0, 0.1) is 3.57 Å². The van der Waals surface area contributed by atoms with Gasteiger partial charge in [0.1, 0.15) is 0 Å². The van der Waals surface area contributed by atoms with E-state index in [-0.39, 0.29) is 5.65 Å². The first-order valence-corrected chi connectivity index (χ1v) is 9.18. The van der Waals surface area contributed by atoms with Crippen LogP contribution in [0.15, 0.2) is 47.1 Å². The summed E-state index contributed by atoms with van der Waals surface area (Å²) in [5, 5.41) is 14.7. The molecule has 4 rings (SSSR count). The van der Waals surface area contributed by atoms with Gasteiger partial charge in [-0.1, -0.05) is 41.4 Å². The molecular formula is C16H9Cl2IN6O. The summed E-state index contributed by atoms with van der Waals surface area (Å²) < 4.78 is 5.74. The van der Waals surface area contributed by atoms with Crippen molar-refractivity contribution in [3.8, 4) is 0 Å². The van der Waals surface area contributed by atoms with Crippen molar-refractivity contribution in [1.29, 1.82) is 0 Å². The molecule has 130 valence electrons. The second-order valence-corrected chi connectivity index (χ2v) is 7.11. The molecule has 0 spiro atoms. The molecule has 2 aromatic carbocycles. The third-order valence-corrected chi connectivity index (χ3v) is 5.21. The van der Waals surface area contributed by atoms with E-state index in [0.717, 1.165) is 9.26 Å². The normalized spacial score (nSPS) is 10.9. The van der Waals surface area contributed by atoms with Crippen LogP contribution in [0.4, 0.5) is 23.0 Å². The van der Waals surface area contributed by atoms with Gasteiger partial charge in [-0.15, -0.1) is 0 Å². The summed E-state index contributed by atoms with van der Waals surface area (Å²) in [5.74, 6) is 0.866. The van der Waals surface area contributed by atoms with Gasteiger partial charge in [0.25, 0.3) is 0 Å². The standard InChI is InChI=1S/C16H9Cl2IN6O/c17-8-4-3-7-11(12(8)18)21-14-13(20-10-6-2-1-5-9(10)19)22-15-16(23-14)25-26-24-15/h1-7H,(H,20,22,24)(H,21,23,25). The number of rotatable bonds is 4. The van der Waals surface area contributed by atoms with E-state index >= 15 is 0 Å². The van der Waals surface area contributed by atoms with Crippen LogP contribution in [0.3, 0.4) is 0 Å². The minimum atomic E-state index is 0.277. The molecular weight excluding hydrogens is 490 g/mol. The van der Waals surface area contributed by atoms with Crippen LogP contribution in [0.1, 0.15) is 0 Å². The molecule has 4 aromatic rings. The summed E-state index contributed by atoms with van der Waals surface area (Å²) in [6.45, 7) is 0. The molecule has 2 aromatic heterocycles. The van der Waals surface area contributed by atoms with E-state index in [1.165, 1.54) is 0 Å². The van der Waals surface area contributed by atoms with Crippen LogP contribution in [0.25, 0.3) is 11.3 Å². The van der Waals surface area contributed by atoms with Crippen molar-refractivity contribution >= 4 is 80.1 Å². The summed E-state index contributed by atoms with van der Waals surface area (Å²) in [5.41, 5.74) is 2.04. The topological polar surface area (TPSA) is 88.8 Å². The first-order chi connectivity index (χ1) is 12.6. The smallest absolute Gasteiger partial charge is 0.245 e. The fraction of sp³-hybridized carbons (Fsp3) is 0.